The van der Waals surface area contributed by atoms with Crippen LogP contribution < -0.4 is 0 Å². The van der Waals surface area contributed by atoms with E-state index in [9.17, 15) is 0 Å². The highest BCUT2D eigenvalue weighted by molar-refractivity contribution is 5.53. The van der Waals surface area contributed by atoms with Gasteiger partial charge in [-0.25, -0.2) is 4.79 Å². The number of carboxylic acid groups (broad SMARTS) is 2. The van der Waals surface area contributed by atoms with E-state index in [1.807, 2.05) is 0 Å². The van der Waals surface area contributed by atoms with Gasteiger partial charge in [0.25, 0.3) is 0 Å². The second kappa shape index (κ2) is 3.64. The fourth-order valence-corrected chi connectivity index (χ4v) is 2.73. The van der Waals surface area contributed by atoms with Crippen molar-refractivity contribution >= 4 is 6.16 Å². The van der Waals surface area contributed by atoms with E-state index in [4.69, 9.17) is 15.0 Å². The fraction of sp³-hybridized carbons (Fsp3) is 0.727. The van der Waals surface area contributed by atoms with E-state index in [0.717, 1.165) is 11.8 Å². The molecule has 0 aromatic rings. The summed E-state index contributed by atoms with van der Waals surface area (Å²) in [4.78, 5) is 8.56. The summed E-state index contributed by atoms with van der Waals surface area (Å²) < 4.78 is 0. The molecule has 3 saturated carbocycles. The molecule has 0 heterocycles. The molecule has 2 unspecified atom stereocenters. The Bertz CT molecular complexity index is 249. The summed E-state index contributed by atoms with van der Waals surface area (Å²) in [7, 11) is 0. The predicted molar refractivity (Wildman–Crippen MR) is 54.4 cm³/mol. The van der Waals surface area contributed by atoms with E-state index < -0.39 is 6.16 Å². The number of allylic oxidation sites excluding steroid dienone is 1. The third kappa shape index (κ3) is 1.91. The molecule has 14 heavy (non-hydrogen) atoms. The first-order valence-corrected chi connectivity index (χ1v) is 4.95. The quantitative estimate of drug-likeness (QED) is 0.587. The lowest BCUT2D eigenvalue weighted by atomic mass is 9.47. The molecule has 3 fully saturated rings. The van der Waals surface area contributed by atoms with Gasteiger partial charge in [0.2, 0.25) is 0 Å². The van der Waals surface area contributed by atoms with Gasteiger partial charge < -0.3 is 10.2 Å². The van der Waals surface area contributed by atoms with Crippen LogP contribution in [0.3, 0.4) is 0 Å². The van der Waals surface area contributed by atoms with Crippen LogP contribution in [0, 0.1) is 17.3 Å². The molecule has 3 heteroatoms. The highest BCUT2D eigenvalue weighted by Crippen LogP contribution is 2.60. The van der Waals surface area contributed by atoms with Crippen molar-refractivity contribution in [1.29, 1.82) is 0 Å². The Balaban J connectivity index is 0.000000213. The standard InChI is InChI=1S/C10H16.CH2O3/c1-7-4-5-8-6-9(7)10(8,2)3;2-1(3)4/h8-9H,1,4-6H2,2-3H3;(H2,2,3,4). The zero-order valence-electron chi connectivity index (χ0n) is 8.79. The minimum atomic E-state index is -1.83. The van der Waals surface area contributed by atoms with Crippen molar-refractivity contribution in [3.05, 3.63) is 12.2 Å². The van der Waals surface area contributed by atoms with Gasteiger partial charge in [0, 0.05) is 0 Å². The van der Waals surface area contributed by atoms with Crippen molar-refractivity contribution in [2.24, 2.45) is 17.3 Å². The lowest BCUT2D eigenvalue weighted by Crippen LogP contribution is -2.48. The lowest BCUT2D eigenvalue weighted by molar-refractivity contribution is -0.0273. The maximum Gasteiger partial charge on any atom is 0.503 e. The van der Waals surface area contributed by atoms with Crippen molar-refractivity contribution in [1.82, 2.24) is 0 Å². The second-order valence-electron chi connectivity index (χ2n) is 4.79. The minimum absolute atomic E-state index is 0.606. The molecule has 0 amide bonds. The summed E-state index contributed by atoms with van der Waals surface area (Å²) in [6.07, 6.45) is 2.31. The Labute approximate surface area is 84.4 Å². The van der Waals surface area contributed by atoms with Gasteiger partial charge in [0.1, 0.15) is 0 Å². The van der Waals surface area contributed by atoms with Crippen LogP contribution in [-0.2, 0) is 0 Å². The van der Waals surface area contributed by atoms with Crippen molar-refractivity contribution in [2.45, 2.75) is 33.1 Å². The van der Waals surface area contributed by atoms with Crippen LogP contribution in [0.15, 0.2) is 12.2 Å². The van der Waals surface area contributed by atoms with Crippen LogP contribution in [0.5, 0.6) is 0 Å². The summed E-state index contributed by atoms with van der Waals surface area (Å²) in [5.41, 5.74) is 2.13. The van der Waals surface area contributed by atoms with Gasteiger partial charge in [-0.3, -0.25) is 0 Å². The van der Waals surface area contributed by atoms with Crippen molar-refractivity contribution in [2.75, 3.05) is 0 Å². The summed E-state index contributed by atoms with van der Waals surface area (Å²) in [6, 6.07) is 0. The monoisotopic (exact) mass is 198 g/mol. The SMILES string of the molecule is C=C1CCC2CC1C2(C)C.O=C(O)O. The lowest BCUT2D eigenvalue weighted by Gasteiger charge is -2.57. The first-order chi connectivity index (χ1) is 6.35. The van der Waals surface area contributed by atoms with E-state index in [1.54, 1.807) is 0 Å². The normalized spacial score (nSPS) is 32.3. The molecule has 0 saturated heterocycles. The van der Waals surface area contributed by atoms with Crippen LogP contribution in [-0.4, -0.2) is 16.4 Å². The van der Waals surface area contributed by atoms with Gasteiger partial charge in [-0.1, -0.05) is 26.0 Å². The topological polar surface area (TPSA) is 57.5 Å². The molecular formula is C11H18O3. The van der Waals surface area contributed by atoms with E-state index in [2.05, 4.69) is 20.4 Å². The second-order valence-corrected chi connectivity index (χ2v) is 4.79. The van der Waals surface area contributed by atoms with Gasteiger partial charge in [0.05, 0.1) is 0 Å². The highest BCUT2D eigenvalue weighted by atomic mass is 16.6. The van der Waals surface area contributed by atoms with Crippen molar-refractivity contribution < 1.29 is 15.0 Å². The Hall–Kier alpha value is -0.990. The molecule has 0 aliphatic heterocycles. The first kappa shape index (κ1) is 11.1. The Kier molecular flexibility index (Phi) is 2.88. The van der Waals surface area contributed by atoms with Crippen LogP contribution in [0.25, 0.3) is 0 Å². The van der Waals surface area contributed by atoms with Crippen LogP contribution in [0.2, 0.25) is 0 Å². The first-order valence-electron chi connectivity index (χ1n) is 4.95. The highest BCUT2D eigenvalue weighted by Gasteiger charge is 2.51. The van der Waals surface area contributed by atoms with Crippen LogP contribution in [0.4, 0.5) is 4.79 Å². The zero-order chi connectivity index (χ0) is 10.9. The van der Waals surface area contributed by atoms with E-state index in [0.29, 0.717) is 5.41 Å². The number of hydrogen-bond acceptors (Lipinski definition) is 1. The van der Waals surface area contributed by atoms with E-state index in [-0.39, 0.29) is 0 Å². The predicted octanol–water partition coefficient (Wildman–Crippen LogP) is 3.22. The molecule has 0 spiro atoms. The van der Waals surface area contributed by atoms with E-state index in [1.165, 1.54) is 24.8 Å². The third-order valence-corrected chi connectivity index (χ3v) is 3.78. The molecule has 0 aromatic heterocycles. The summed E-state index contributed by atoms with van der Waals surface area (Å²) in [5, 5.41) is 13.9. The number of rotatable bonds is 0. The fourth-order valence-electron chi connectivity index (χ4n) is 2.73. The van der Waals surface area contributed by atoms with Crippen molar-refractivity contribution in [3.8, 4) is 0 Å². The molecule has 3 rings (SSSR count). The summed E-state index contributed by atoms with van der Waals surface area (Å²) >= 11 is 0. The summed E-state index contributed by atoms with van der Waals surface area (Å²) in [5.74, 6) is 1.88. The van der Waals surface area contributed by atoms with Crippen LogP contribution in [0.1, 0.15) is 33.1 Å². The summed E-state index contributed by atoms with van der Waals surface area (Å²) in [6.45, 7) is 8.93. The van der Waals surface area contributed by atoms with Gasteiger partial charge in [-0.2, -0.15) is 0 Å². The minimum Gasteiger partial charge on any atom is -0.450 e. The molecule has 0 radical (unpaired) electrons. The number of carbonyl (C=O) groups is 1. The van der Waals surface area contributed by atoms with Gasteiger partial charge >= 0.3 is 6.16 Å². The average Bonchev–Trinajstić information content (AvgIpc) is 2.02. The molecule has 2 bridgehead atoms. The molecule has 3 aliphatic rings. The Morgan fingerprint density at radius 2 is 2.00 bits per heavy atom. The van der Waals surface area contributed by atoms with E-state index >= 15 is 0 Å². The average molecular weight is 198 g/mol. The van der Waals surface area contributed by atoms with Gasteiger partial charge in [-0.05, 0) is 36.5 Å². The maximum atomic E-state index is 8.56. The molecule has 2 N–H and O–H groups in total. The zero-order valence-corrected chi connectivity index (χ0v) is 8.79. The molecule has 80 valence electrons. The van der Waals surface area contributed by atoms with Gasteiger partial charge in [0.15, 0.2) is 0 Å². The van der Waals surface area contributed by atoms with Crippen LogP contribution >= 0.6 is 0 Å². The smallest absolute Gasteiger partial charge is 0.450 e. The molecule has 3 aliphatic carbocycles. The maximum absolute atomic E-state index is 8.56. The number of hydrogen-bond donors (Lipinski definition) is 2. The molecule has 2 atom stereocenters. The Morgan fingerprint density at radius 1 is 1.50 bits per heavy atom. The molecule has 3 nitrogen and oxygen atoms in total. The van der Waals surface area contributed by atoms with Crippen molar-refractivity contribution in [3.63, 3.8) is 0 Å². The Morgan fingerprint density at radius 3 is 2.21 bits per heavy atom. The molecule has 0 aromatic carbocycles. The third-order valence-electron chi connectivity index (χ3n) is 3.78. The largest absolute Gasteiger partial charge is 0.503 e. The number of fused-ring (bicyclic) bond motifs is 2. The van der Waals surface area contributed by atoms with Gasteiger partial charge in [-0.15, -0.1) is 0 Å². The molecular weight excluding hydrogens is 180 g/mol.